The summed E-state index contributed by atoms with van der Waals surface area (Å²) in [6, 6.07) is 0. The fourth-order valence-corrected chi connectivity index (χ4v) is 2.82. The third-order valence-corrected chi connectivity index (χ3v) is 4.32. The van der Waals surface area contributed by atoms with Crippen molar-refractivity contribution in [3.8, 4) is 0 Å². The highest BCUT2D eigenvalue weighted by Crippen LogP contribution is 2.24. The van der Waals surface area contributed by atoms with E-state index in [9.17, 15) is 5.11 Å². The second-order valence-corrected chi connectivity index (χ2v) is 6.65. The van der Waals surface area contributed by atoms with Crippen LogP contribution in [0.3, 0.4) is 0 Å². The van der Waals surface area contributed by atoms with Gasteiger partial charge in [-0.2, -0.15) is 0 Å². The molecule has 0 saturated heterocycles. The molecule has 0 saturated carbocycles. The van der Waals surface area contributed by atoms with Crippen molar-refractivity contribution in [2.75, 3.05) is 0 Å². The Morgan fingerprint density at radius 1 is 0.909 bits per heavy atom. The number of allylic oxidation sites excluding steroid dienone is 3. The van der Waals surface area contributed by atoms with Crippen molar-refractivity contribution in [1.82, 2.24) is 0 Å². The van der Waals surface area contributed by atoms with E-state index in [0.717, 1.165) is 19.3 Å². The quantitative estimate of drug-likeness (QED) is 0.276. The molecule has 0 spiro atoms. The maximum Gasteiger partial charge on any atom is 0.0726 e. The minimum Gasteiger partial charge on any atom is -0.389 e. The molecule has 0 radical (unpaired) electrons. The molecule has 130 valence electrons. The maximum absolute atomic E-state index is 10.2. The molecular formula is C21H40O. The van der Waals surface area contributed by atoms with Gasteiger partial charge in [0.25, 0.3) is 0 Å². The molecule has 0 fully saturated rings. The Bertz CT molecular complexity index is 290. The fraction of sp³-hybridized carbons (Fsp3) is 0.810. The molecule has 0 heterocycles. The monoisotopic (exact) mass is 308 g/mol. The van der Waals surface area contributed by atoms with Crippen LogP contribution in [0.15, 0.2) is 23.8 Å². The van der Waals surface area contributed by atoms with Gasteiger partial charge in [0, 0.05) is 0 Å². The molecule has 0 aliphatic heterocycles. The summed E-state index contributed by atoms with van der Waals surface area (Å²) in [5, 5.41) is 10.2. The molecule has 0 amide bonds. The second-order valence-electron chi connectivity index (χ2n) is 6.65. The topological polar surface area (TPSA) is 20.2 Å². The minimum absolute atomic E-state index is 0.285. The van der Waals surface area contributed by atoms with E-state index >= 15 is 0 Å². The Kier molecular flexibility index (Phi) is 14.9. The standard InChI is InChI=1S/C21H40O/c1-5-8-11-14-16-20(15-12-9-6-2)19(4)18-21(22)17-13-10-7-3/h13,16-17,19,21-22H,5-12,14-15,18H2,1-4H3/b17-13+,20-16+. The number of hydrogen-bond acceptors (Lipinski definition) is 1. The summed E-state index contributed by atoms with van der Waals surface area (Å²) >= 11 is 0. The van der Waals surface area contributed by atoms with Gasteiger partial charge in [0.2, 0.25) is 0 Å². The van der Waals surface area contributed by atoms with Crippen molar-refractivity contribution in [3.05, 3.63) is 23.8 Å². The highest BCUT2D eigenvalue weighted by atomic mass is 16.3. The Labute approximate surface area is 139 Å². The molecule has 1 nitrogen and oxygen atoms in total. The number of rotatable bonds is 14. The summed E-state index contributed by atoms with van der Waals surface area (Å²) in [7, 11) is 0. The van der Waals surface area contributed by atoms with Gasteiger partial charge in [-0.1, -0.05) is 83.6 Å². The number of hydrogen-bond donors (Lipinski definition) is 1. The summed E-state index contributed by atoms with van der Waals surface area (Å²) in [4.78, 5) is 0. The zero-order chi connectivity index (χ0) is 16.6. The third-order valence-electron chi connectivity index (χ3n) is 4.32. The molecule has 2 atom stereocenters. The maximum atomic E-state index is 10.2. The van der Waals surface area contributed by atoms with E-state index in [0.29, 0.717) is 5.92 Å². The van der Waals surface area contributed by atoms with Crippen LogP contribution in [0.2, 0.25) is 0 Å². The van der Waals surface area contributed by atoms with E-state index in [-0.39, 0.29) is 6.10 Å². The van der Waals surface area contributed by atoms with Crippen molar-refractivity contribution in [1.29, 1.82) is 0 Å². The van der Waals surface area contributed by atoms with Gasteiger partial charge in [-0.25, -0.2) is 0 Å². The summed E-state index contributed by atoms with van der Waals surface area (Å²) in [6.45, 7) is 8.97. The number of aliphatic hydroxyl groups is 1. The Morgan fingerprint density at radius 2 is 1.59 bits per heavy atom. The van der Waals surface area contributed by atoms with Crippen LogP contribution in [-0.4, -0.2) is 11.2 Å². The van der Waals surface area contributed by atoms with E-state index in [1.165, 1.54) is 51.4 Å². The van der Waals surface area contributed by atoms with Crippen molar-refractivity contribution in [2.45, 2.75) is 104 Å². The van der Waals surface area contributed by atoms with Gasteiger partial charge >= 0.3 is 0 Å². The highest BCUT2D eigenvalue weighted by Gasteiger charge is 2.12. The molecule has 0 aliphatic carbocycles. The molecule has 0 bridgehead atoms. The molecule has 1 N–H and O–H groups in total. The zero-order valence-corrected chi connectivity index (χ0v) is 15.6. The first-order valence-corrected chi connectivity index (χ1v) is 9.69. The first-order valence-electron chi connectivity index (χ1n) is 9.69. The second kappa shape index (κ2) is 15.3. The zero-order valence-electron chi connectivity index (χ0n) is 15.6. The van der Waals surface area contributed by atoms with Crippen LogP contribution in [0.5, 0.6) is 0 Å². The van der Waals surface area contributed by atoms with Crippen LogP contribution < -0.4 is 0 Å². The van der Waals surface area contributed by atoms with Gasteiger partial charge < -0.3 is 5.11 Å². The highest BCUT2D eigenvalue weighted by molar-refractivity contribution is 5.07. The predicted molar refractivity (Wildman–Crippen MR) is 100 cm³/mol. The number of aliphatic hydroxyl groups excluding tert-OH is 1. The van der Waals surface area contributed by atoms with Gasteiger partial charge in [-0.15, -0.1) is 0 Å². The van der Waals surface area contributed by atoms with E-state index < -0.39 is 0 Å². The Morgan fingerprint density at radius 3 is 2.23 bits per heavy atom. The fourth-order valence-electron chi connectivity index (χ4n) is 2.82. The molecule has 0 aromatic heterocycles. The lowest BCUT2D eigenvalue weighted by Gasteiger charge is -2.18. The lowest BCUT2D eigenvalue weighted by molar-refractivity contribution is 0.196. The van der Waals surface area contributed by atoms with Crippen LogP contribution in [0.25, 0.3) is 0 Å². The Hall–Kier alpha value is -0.560. The molecule has 0 aromatic carbocycles. The normalized spacial score (nSPS) is 15.4. The van der Waals surface area contributed by atoms with Crippen molar-refractivity contribution in [2.24, 2.45) is 5.92 Å². The van der Waals surface area contributed by atoms with E-state index in [4.69, 9.17) is 0 Å². The summed E-state index contributed by atoms with van der Waals surface area (Å²) in [5.74, 6) is 0.500. The third kappa shape index (κ3) is 12.0. The van der Waals surface area contributed by atoms with Crippen molar-refractivity contribution >= 4 is 0 Å². The molecule has 0 aliphatic rings. The first-order chi connectivity index (χ1) is 10.7. The SMILES string of the molecule is CCC/C=C/C(O)CC(C)/C(=C/CCCCC)CCCCC. The molecule has 0 rings (SSSR count). The molecule has 1 heteroatoms. The van der Waals surface area contributed by atoms with E-state index in [2.05, 4.69) is 39.8 Å². The summed E-state index contributed by atoms with van der Waals surface area (Å²) in [6.07, 6.45) is 19.6. The smallest absolute Gasteiger partial charge is 0.0726 e. The lowest BCUT2D eigenvalue weighted by Crippen LogP contribution is -2.11. The van der Waals surface area contributed by atoms with Crippen LogP contribution in [-0.2, 0) is 0 Å². The van der Waals surface area contributed by atoms with E-state index in [1.807, 2.05) is 6.08 Å². The van der Waals surface area contributed by atoms with Gasteiger partial charge in [0.15, 0.2) is 0 Å². The summed E-state index contributed by atoms with van der Waals surface area (Å²) < 4.78 is 0. The van der Waals surface area contributed by atoms with Crippen LogP contribution in [0.4, 0.5) is 0 Å². The molecule has 22 heavy (non-hydrogen) atoms. The van der Waals surface area contributed by atoms with Gasteiger partial charge in [-0.05, 0) is 44.4 Å². The molecule has 0 aromatic rings. The van der Waals surface area contributed by atoms with Crippen LogP contribution in [0.1, 0.15) is 98.3 Å². The summed E-state index contributed by atoms with van der Waals surface area (Å²) in [5.41, 5.74) is 1.58. The van der Waals surface area contributed by atoms with E-state index in [1.54, 1.807) is 5.57 Å². The van der Waals surface area contributed by atoms with Crippen molar-refractivity contribution < 1.29 is 5.11 Å². The minimum atomic E-state index is -0.285. The van der Waals surface area contributed by atoms with Crippen LogP contribution >= 0.6 is 0 Å². The average molecular weight is 309 g/mol. The lowest BCUT2D eigenvalue weighted by atomic mass is 9.89. The van der Waals surface area contributed by atoms with Gasteiger partial charge in [0.1, 0.15) is 0 Å². The number of unbranched alkanes of at least 4 members (excludes halogenated alkanes) is 6. The average Bonchev–Trinajstić information content (AvgIpc) is 2.50. The predicted octanol–water partition coefficient (Wildman–Crippen LogP) is 6.82. The van der Waals surface area contributed by atoms with Crippen molar-refractivity contribution in [3.63, 3.8) is 0 Å². The van der Waals surface area contributed by atoms with Gasteiger partial charge in [-0.3, -0.25) is 0 Å². The molecule has 2 unspecified atom stereocenters. The Balaban J connectivity index is 4.41. The van der Waals surface area contributed by atoms with Crippen LogP contribution in [0, 0.1) is 5.92 Å². The van der Waals surface area contributed by atoms with Gasteiger partial charge in [0.05, 0.1) is 6.10 Å². The molecular weight excluding hydrogens is 268 g/mol. The first kappa shape index (κ1) is 21.4. The largest absolute Gasteiger partial charge is 0.389 e.